The average molecular weight is 649 g/mol. The van der Waals surface area contributed by atoms with Gasteiger partial charge in [-0.1, -0.05) is 12.5 Å². The van der Waals surface area contributed by atoms with Gasteiger partial charge in [0.2, 0.25) is 0 Å². The molecular weight excluding hydrogens is 604 g/mol. The summed E-state index contributed by atoms with van der Waals surface area (Å²) in [4.78, 5) is 39.3. The van der Waals surface area contributed by atoms with Gasteiger partial charge >= 0.3 is 11.9 Å². The van der Waals surface area contributed by atoms with Crippen molar-refractivity contribution in [1.82, 2.24) is 10.3 Å². The molecule has 5 heterocycles. The number of esters is 2. The molecule has 1 aromatic rings. The summed E-state index contributed by atoms with van der Waals surface area (Å²) < 4.78 is 10.2. The molecule has 10 nitrogen and oxygen atoms in total. The van der Waals surface area contributed by atoms with Crippen molar-refractivity contribution in [2.75, 3.05) is 14.2 Å². The molecule has 4 unspecified atom stereocenters. The number of nitrogens with one attached hydrogen (secondary N) is 2. The van der Waals surface area contributed by atoms with Gasteiger partial charge in [-0.25, -0.2) is 4.99 Å². The second-order valence-electron chi connectivity index (χ2n) is 13.2. The number of methoxy groups -OCH3 is 2. The van der Waals surface area contributed by atoms with Crippen LogP contribution in [-0.2, 0) is 19.1 Å². The number of hydrogen-bond donors (Lipinski definition) is 2. The summed E-state index contributed by atoms with van der Waals surface area (Å²) in [5, 5.41) is 25.4. The molecule has 0 saturated carbocycles. The highest BCUT2D eigenvalue weighted by atomic mass is 16.5. The third-order valence-electron chi connectivity index (χ3n) is 10.7. The molecule has 48 heavy (non-hydrogen) atoms. The molecule has 4 aliphatic rings. The van der Waals surface area contributed by atoms with E-state index in [-0.39, 0.29) is 37.1 Å². The van der Waals surface area contributed by atoms with Crippen LogP contribution >= 0.6 is 0 Å². The van der Waals surface area contributed by atoms with Crippen molar-refractivity contribution in [3.8, 4) is 12.1 Å². The minimum Gasteiger partial charge on any atom is -0.469 e. The first-order valence-corrected chi connectivity index (χ1v) is 16.5. The number of aliphatic imine (C=N–C) groups is 2. The van der Waals surface area contributed by atoms with Crippen molar-refractivity contribution in [2.24, 2.45) is 15.9 Å². The maximum absolute atomic E-state index is 12.8. The lowest BCUT2D eigenvalue weighted by molar-refractivity contribution is -0.142. The van der Waals surface area contributed by atoms with E-state index < -0.39 is 16.6 Å². The second-order valence-corrected chi connectivity index (χ2v) is 13.2. The molecule has 0 radical (unpaired) electrons. The number of carbonyl (C=O) groups is 2. The number of hydrogen-bond acceptors (Lipinski definition) is 9. The van der Waals surface area contributed by atoms with Crippen LogP contribution in [-0.4, -0.2) is 59.2 Å². The van der Waals surface area contributed by atoms with Crippen LogP contribution in [0.2, 0.25) is 0 Å². The third kappa shape index (κ3) is 6.25. The average Bonchev–Trinajstić information content (AvgIpc) is 3.82. The highest BCUT2D eigenvalue weighted by Gasteiger charge is 2.58. The van der Waals surface area contributed by atoms with Crippen LogP contribution in [0.4, 0.5) is 0 Å². The number of H-pyrrole nitrogens is 1. The zero-order chi connectivity index (χ0) is 34.7. The maximum atomic E-state index is 12.8. The van der Waals surface area contributed by atoms with Gasteiger partial charge in [-0.2, -0.15) is 10.5 Å². The Labute approximate surface area is 282 Å². The number of nitriles is 2. The van der Waals surface area contributed by atoms with Gasteiger partial charge < -0.3 is 14.5 Å². The molecule has 8 bridgehead atoms. The van der Waals surface area contributed by atoms with Crippen molar-refractivity contribution in [1.29, 1.82) is 10.5 Å². The maximum Gasteiger partial charge on any atom is 0.305 e. The quantitative estimate of drug-likeness (QED) is 0.279. The lowest BCUT2D eigenvalue weighted by Gasteiger charge is -2.48. The zero-order valence-corrected chi connectivity index (χ0v) is 28.7. The van der Waals surface area contributed by atoms with E-state index in [1.165, 1.54) is 14.2 Å². The topological polar surface area (TPSA) is 153 Å². The fourth-order valence-corrected chi connectivity index (χ4v) is 8.25. The number of aromatic amines is 1. The van der Waals surface area contributed by atoms with Crippen LogP contribution < -0.4 is 16.0 Å². The van der Waals surface area contributed by atoms with E-state index in [9.17, 15) is 20.1 Å². The van der Waals surface area contributed by atoms with E-state index in [0.717, 1.165) is 50.1 Å². The fourth-order valence-electron chi connectivity index (χ4n) is 8.25. The molecule has 250 valence electrons. The Kier molecular flexibility index (Phi) is 9.89. The summed E-state index contributed by atoms with van der Waals surface area (Å²) in [6.45, 7) is 8.38. The molecule has 4 atom stereocenters. The molecule has 0 aliphatic carbocycles. The van der Waals surface area contributed by atoms with Gasteiger partial charge in [-0.15, -0.1) is 0 Å². The smallest absolute Gasteiger partial charge is 0.305 e. The lowest BCUT2D eigenvalue weighted by Crippen LogP contribution is -2.60. The molecule has 0 saturated heterocycles. The van der Waals surface area contributed by atoms with Crippen molar-refractivity contribution in [3.05, 3.63) is 69.0 Å². The summed E-state index contributed by atoms with van der Waals surface area (Å²) in [5.41, 5.74) is 3.99. The SMILES string of the molecule is COC(=O)CCC1=C(C)C2=NC1(CCC(=O)OC)C(C)C1(CCC#N)NC(C)(C=C3C=CC(=N3)C=c3ccc([nH]3)=C2)C(CCC#N)=C1C. The Morgan fingerprint density at radius 2 is 1.62 bits per heavy atom. The monoisotopic (exact) mass is 648 g/mol. The van der Waals surface area contributed by atoms with Crippen molar-refractivity contribution < 1.29 is 19.1 Å². The van der Waals surface area contributed by atoms with E-state index >= 15 is 0 Å². The summed E-state index contributed by atoms with van der Waals surface area (Å²) in [6, 6.07) is 8.69. The second kappa shape index (κ2) is 13.7. The Bertz CT molecular complexity index is 1910. The van der Waals surface area contributed by atoms with Gasteiger partial charge in [0.15, 0.2) is 0 Å². The number of ether oxygens (including phenoxy) is 2. The standard InChI is InChI=1S/C38H44N6O4/c1-24-31(14-15-34(45)47-5)38(18-16-35(46)48-6)26(3)37(17-8-20-40)25(2)32(9-7-19-39)36(4,44-37)23-30-13-12-28(42-30)21-27-10-11-29(41-27)22-33(24)43-38/h10-13,21-23,26,41,44H,7-9,14-18H2,1-6H3. The lowest BCUT2D eigenvalue weighted by atomic mass is 9.62. The van der Waals surface area contributed by atoms with Gasteiger partial charge in [-0.05, 0) is 106 Å². The third-order valence-corrected chi connectivity index (χ3v) is 10.7. The van der Waals surface area contributed by atoms with Crippen LogP contribution in [0.3, 0.4) is 0 Å². The van der Waals surface area contributed by atoms with E-state index in [1.807, 2.05) is 43.4 Å². The normalized spacial score (nSPS) is 27.3. The van der Waals surface area contributed by atoms with E-state index in [0.29, 0.717) is 32.1 Å². The highest BCUT2D eigenvalue weighted by Crippen LogP contribution is 2.55. The molecule has 10 heteroatoms. The van der Waals surface area contributed by atoms with Gasteiger partial charge in [0.05, 0.1) is 54.6 Å². The summed E-state index contributed by atoms with van der Waals surface area (Å²) >= 11 is 0. The highest BCUT2D eigenvalue weighted by molar-refractivity contribution is 6.22. The molecule has 0 amide bonds. The predicted octanol–water partition coefficient (Wildman–Crippen LogP) is 4.56. The van der Waals surface area contributed by atoms with Crippen LogP contribution in [0.1, 0.15) is 79.1 Å². The van der Waals surface area contributed by atoms with E-state index in [4.69, 9.17) is 19.5 Å². The molecule has 4 aliphatic heterocycles. The predicted molar refractivity (Wildman–Crippen MR) is 185 cm³/mol. The summed E-state index contributed by atoms with van der Waals surface area (Å²) in [5.74, 6) is -0.996. The summed E-state index contributed by atoms with van der Waals surface area (Å²) in [6.07, 6.45) is 12.7. The first kappa shape index (κ1) is 34.5. The molecule has 0 aromatic carbocycles. The number of aromatic nitrogens is 1. The number of carbonyl (C=O) groups excluding carboxylic acids is 2. The Hall–Kier alpha value is -4.80. The van der Waals surface area contributed by atoms with Crippen molar-refractivity contribution in [3.63, 3.8) is 0 Å². The van der Waals surface area contributed by atoms with Gasteiger partial charge in [0.1, 0.15) is 0 Å². The number of allylic oxidation sites excluding steroid dienone is 3. The zero-order valence-electron chi connectivity index (χ0n) is 28.7. The molecule has 1 aromatic heterocycles. The van der Waals surface area contributed by atoms with Gasteiger partial charge in [0.25, 0.3) is 0 Å². The van der Waals surface area contributed by atoms with Gasteiger partial charge in [0, 0.05) is 47.8 Å². The fraction of sp³-hybridized carbons (Fsp3) is 0.474. The van der Waals surface area contributed by atoms with Crippen molar-refractivity contribution in [2.45, 2.75) is 95.7 Å². The number of fused-ring (bicyclic) bond motifs is 6. The van der Waals surface area contributed by atoms with Gasteiger partial charge in [-0.3, -0.25) is 19.9 Å². The molecule has 0 fully saturated rings. The summed E-state index contributed by atoms with van der Waals surface area (Å²) in [7, 11) is 2.76. The largest absolute Gasteiger partial charge is 0.469 e. The van der Waals surface area contributed by atoms with Crippen LogP contribution in [0, 0.1) is 28.6 Å². The number of nitrogens with zero attached hydrogens (tertiary/aromatic N) is 4. The number of rotatable bonds is 10. The van der Waals surface area contributed by atoms with E-state index in [1.54, 1.807) is 0 Å². The molecule has 5 rings (SSSR count). The molecule has 0 spiro atoms. The first-order valence-electron chi connectivity index (χ1n) is 16.5. The van der Waals surface area contributed by atoms with E-state index in [2.05, 4.69) is 49.3 Å². The van der Waals surface area contributed by atoms with Crippen LogP contribution in [0.15, 0.2) is 68.3 Å². The molecular formula is C38H44N6O4. The Morgan fingerprint density at radius 1 is 0.938 bits per heavy atom. The first-order chi connectivity index (χ1) is 22.9. The molecule has 2 N–H and O–H groups in total. The van der Waals surface area contributed by atoms with Crippen LogP contribution in [0.25, 0.3) is 12.2 Å². The minimum atomic E-state index is -0.947. The Balaban J connectivity index is 1.85. The van der Waals surface area contributed by atoms with Crippen LogP contribution in [0.5, 0.6) is 0 Å². The Morgan fingerprint density at radius 3 is 2.31 bits per heavy atom. The minimum absolute atomic E-state index is 0.107. The van der Waals surface area contributed by atoms with Crippen molar-refractivity contribution >= 4 is 35.5 Å².